The van der Waals surface area contributed by atoms with Gasteiger partial charge in [-0.05, 0) is 0 Å². The minimum absolute atomic E-state index is 0.510. The van der Waals surface area contributed by atoms with Crippen molar-refractivity contribution in [3.05, 3.63) is 0 Å². The summed E-state index contributed by atoms with van der Waals surface area (Å²) < 4.78 is 45.6. The van der Waals surface area contributed by atoms with E-state index in [0.717, 1.165) is 38.5 Å². The van der Waals surface area contributed by atoms with E-state index in [2.05, 4.69) is 20.8 Å². The van der Waals surface area contributed by atoms with Gasteiger partial charge in [0.2, 0.25) is 0 Å². The number of hydrogen-bond acceptors (Lipinski definition) is 7. The van der Waals surface area contributed by atoms with Crippen LogP contribution in [0.2, 0.25) is 0 Å². The van der Waals surface area contributed by atoms with Crippen molar-refractivity contribution in [1.82, 2.24) is 0 Å². The Morgan fingerprint density at radius 3 is 1.00 bits per heavy atom. The van der Waals surface area contributed by atoms with Crippen molar-refractivity contribution in [3.8, 4) is 0 Å². The Labute approximate surface area is 212 Å². The molecule has 0 saturated heterocycles. The van der Waals surface area contributed by atoms with E-state index in [1.807, 2.05) is 62.3 Å². The fourth-order valence-electron chi connectivity index (χ4n) is 2.64. The summed E-state index contributed by atoms with van der Waals surface area (Å²) in [6.45, 7) is 25.7. The first-order valence-electron chi connectivity index (χ1n) is 12.7. The van der Waals surface area contributed by atoms with Gasteiger partial charge in [-0.3, -0.25) is 0 Å². The van der Waals surface area contributed by atoms with Gasteiger partial charge in [-0.25, -0.2) is 0 Å². The zero-order valence-electron chi connectivity index (χ0n) is 23.7. The van der Waals surface area contributed by atoms with Gasteiger partial charge in [-0.2, -0.15) is 0 Å². The molecule has 0 unspecified atom stereocenters. The summed E-state index contributed by atoms with van der Waals surface area (Å²) in [7, 11) is -3.80. The number of rotatable bonds is 17. The number of unbranched alkanes of at least 4 members (excludes halogenated alkanes) is 3. The van der Waals surface area contributed by atoms with Crippen molar-refractivity contribution in [2.45, 2.75) is 138 Å². The van der Waals surface area contributed by atoms with Crippen molar-refractivity contribution in [2.24, 2.45) is 0 Å². The summed E-state index contributed by atoms with van der Waals surface area (Å²) in [5, 5.41) is 0. The predicted octanol–water partition coefficient (Wildman–Crippen LogP) is 7.15. The molecule has 7 nitrogen and oxygen atoms in total. The molecule has 0 aromatic rings. The summed E-state index contributed by atoms with van der Waals surface area (Å²) in [5.74, 6) is 0. The molecular formula is C24H54O7SiZr. The Kier molecular flexibility index (Phi) is 15.5. The summed E-state index contributed by atoms with van der Waals surface area (Å²) >= 11 is -4.62. The molecule has 0 rings (SSSR count). The van der Waals surface area contributed by atoms with Gasteiger partial charge in [0.1, 0.15) is 0 Å². The van der Waals surface area contributed by atoms with Gasteiger partial charge in [-0.15, -0.1) is 0 Å². The van der Waals surface area contributed by atoms with Crippen LogP contribution in [0.15, 0.2) is 0 Å². The van der Waals surface area contributed by atoms with Crippen LogP contribution >= 0.6 is 0 Å². The van der Waals surface area contributed by atoms with Gasteiger partial charge in [0, 0.05) is 0 Å². The molecule has 33 heavy (non-hydrogen) atoms. The van der Waals surface area contributed by atoms with Crippen LogP contribution in [-0.2, 0) is 46.2 Å². The van der Waals surface area contributed by atoms with Crippen LogP contribution in [0.3, 0.4) is 0 Å². The predicted molar refractivity (Wildman–Crippen MR) is 132 cm³/mol. The minimum atomic E-state index is -4.62. The topological polar surface area (TPSA) is 64.6 Å². The fraction of sp³-hybridized carbons (Fsp3) is 1.00. The van der Waals surface area contributed by atoms with Gasteiger partial charge in [0.05, 0.1) is 0 Å². The van der Waals surface area contributed by atoms with Crippen LogP contribution < -0.4 is 0 Å². The zero-order valence-corrected chi connectivity index (χ0v) is 27.2. The van der Waals surface area contributed by atoms with E-state index in [4.69, 9.17) is 24.2 Å². The third-order valence-corrected chi connectivity index (χ3v) is 14.8. The van der Waals surface area contributed by atoms with Crippen molar-refractivity contribution in [1.29, 1.82) is 0 Å². The first-order valence-corrected chi connectivity index (χ1v) is 18.4. The third kappa shape index (κ3) is 17.0. The van der Waals surface area contributed by atoms with Crippen LogP contribution in [-0.4, -0.2) is 45.7 Å². The first kappa shape index (κ1) is 33.8. The summed E-state index contributed by atoms with van der Waals surface area (Å²) in [6, 6.07) is 0. The van der Waals surface area contributed by atoms with E-state index in [1.54, 1.807) is 0 Å². The molecular weight excluding hydrogens is 520 g/mol. The Bertz CT molecular complexity index is 445. The normalized spacial score (nSPS) is 14.2. The molecule has 0 aliphatic heterocycles. The van der Waals surface area contributed by atoms with Crippen LogP contribution in [0, 0.1) is 0 Å². The van der Waals surface area contributed by atoms with Crippen molar-refractivity contribution >= 4 is 9.05 Å². The molecule has 0 N–H and O–H groups in total. The zero-order chi connectivity index (χ0) is 25.8. The summed E-state index contributed by atoms with van der Waals surface area (Å²) in [5.41, 5.74) is -1.72. The van der Waals surface area contributed by atoms with E-state index >= 15 is 0 Å². The molecule has 0 spiro atoms. The Morgan fingerprint density at radius 2 is 0.788 bits per heavy atom. The fourth-order valence-corrected chi connectivity index (χ4v) is 13.6. The van der Waals surface area contributed by atoms with E-state index in [0.29, 0.717) is 19.8 Å². The Morgan fingerprint density at radius 1 is 0.515 bits per heavy atom. The second-order valence-electron chi connectivity index (χ2n) is 11.4. The van der Waals surface area contributed by atoms with Crippen molar-refractivity contribution in [3.63, 3.8) is 0 Å². The van der Waals surface area contributed by atoms with E-state index < -0.39 is 47.9 Å². The van der Waals surface area contributed by atoms with Crippen molar-refractivity contribution in [2.75, 3.05) is 19.8 Å². The molecule has 0 aromatic carbocycles. The van der Waals surface area contributed by atoms with Gasteiger partial charge in [0.15, 0.2) is 0 Å². The SMILES string of the molecule is CCCC[O][Zr]([O]CCCC)([O]CCCC)[O][Si](OC(C)(C)C)(OC(C)(C)C)OC(C)(C)C. The van der Waals surface area contributed by atoms with Crippen molar-refractivity contribution < 1.29 is 46.2 Å². The molecule has 9 heteroatoms. The molecule has 0 radical (unpaired) electrons. The second kappa shape index (κ2) is 15.2. The second-order valence-corrected chi connectivity index (χ2v) is 19.3. The maximum atomic E-state index is 6.81. The van der Waals surface area contributed by atoms with Crippen LogP contribution in [0.5, 0.6) is 0 Å². The van der Waals surface area contributed by atoms with Gasteiger partial charge < -0.3 is 0 Å². The van der Waals surface area contributed by atoms with Gasteiger partial charge in [0.25, 0.3) is 0 Å². The quantitative estimate of drug-likeness (QED) is 0.135. The Hall–Kier alpha value is 0.820. The average molecular weight is 574 g/mol. The number of hydrogen-bond donors (Lipinski definition) is 0. The maximum absolute atomic E-state index is 6.81. The monoisotopic (exact) mass is 572 g/mol. The molecule has 0 aliphatic rings. The van der Waals surface area contributed by atoms with Crippen LogP contribution in [0.1, 0.15) is 122 Å². The van der Waals surface area contributed by atoms with Crippen LogP contribution in [0.25, 0.3) is 0 Å². The standard InChI is InChI=1S/C12H27O4Si.3C4H9O.Zr/c1-10(2,3)14-17(13,15-11(4,5)6)16-12(7,8)9;3*1-2-3-4-5;/h1-9H3;3*2-4H2,1H3;/q4*-1;+4. The molecule has 0 aromatic heterocycles. The van der Waals surface area contributed by atoms with E-state index in [-0.39, 0.29) is 0 Å². The molecule has 200 valence electrons. The first-order chi connectivity index (χ1) is 15.0. The molecule has 0 fully saturated rings. The molecule has 0 aliphatic carbocycles. The van der Waals surface area contributed by atoms with Gasteiger partial charge in [-0.1, -0.05) is 0 Å². The molecule has 0 bridgehead atoms. The molecule has 0 atom stereocenters. The summed E-state index contributed by atoms with van der Waals surface area (Å²) in [4.78, 5) is 0. The Balaban J connectivity index is 6.45. The average Bonchev–Trinajstić information content (AvgIpc) is 2.57. The molecule has 0 amide bonds. The molecule has 0 saturated carbocycles. The third-order valence-electron chi connectivity index (χ3n) is 3.87. The molecule has 0 heterocycles. The van der Waals surface area contributed by atoms with E-state index in [9.17, 15) is 0 Å². The summed E-state index contributed by atoms with van der Waals surface area (Å²) in [6.07, 6.45) is 5.69. The van der Waals surface area contributed by atoms with Gasteiger partial charge >= 0.3 is 214 Å². The van der Waals surface area contributed by atoms with E-state index in [1.165, 1.54) is 0 Å². The van der Waals surface area contributed by atoms with Crippen LogP contribution in [0.4, 0.5) is 0 Å².